The van der Waals surface area contributed by atoms with E-state index in [1.807, 2.05) is 0 Å². The summed E-state index contributed by atoms with van der Waals surface area (Å²) in [4.78, 5) is 0. The number of alkyl halides is 4. The molecule has 0 amide bonds. The molecule has 0 aromatic carbocycles. The van der Waals surface area contributed by atoms with E-state index in [4.69, 9.17) is 0 Å². The van der Waals surface area contributed by atoms with Gasteiger partial charge in [-0.05, 0) is 13.0 Å². The number of ether oxygens (including phenoxy) is 1. The molecule has 0 radical (unpaired) electrons. The summed E-state index contributed by atoms with van der Waals surface area (Å²) in [5.74, 6) is 0. The second kappa shape index (κ2) is 7.58. The number of hydrogen-bond acceptors (Lipinski definition) is 2. The third-order valence-electron chi connectivity index (χ3n) is 1.18. The molecule has 1 N–H and O–H groups in total. The fourth-order valence-corrected chi connectivity index (χ4v) is 0.929. The Bertz CT molecular complexity index is 121. The van der Waals surface area contributed by atoms with Crippen molar-refractivity contribution < 1.29 is 17.9 Å². The van der Waals surface area contributed by atoms with Crippen LogP contribution in [0.3, 0.4) is 0 Å². The molecule has 0 atom stereocenters. The van der Waals surface area contributed by atoms with Crippen molar-refractivity contribution in [3.8, 4) is 0 Å². The molecule has 2 nitrogen and oxygen atoms in total. The standard InChI is InChI=1S/C7H13BrF3NO/c8-2-1-3-12-4-5-13-6-7(9,10)11/h12H,1-6H2. The molecule has 0 aromatic rings. The van der Waals surface area contributed by atoms with E-state index >= 15 is 0 Å². The normalized spacial score (nSPS) is 12.0. The van der Waals surface area contributed by atoms with Crippen molar-refractivity contribution >= 4 is 15.9 Å². The van der Waals surface area contributed by atoms with Crippen LogP contribution in [0.5, 0.6) is 0 Å². The van der Waals surface area contributed by atoms with E-state index in [-0.39, 0.29) is 6.61 Å². The third kappa shape index (κ3) is 12.2. The van der Waals surface area contributed by atoms with Crippen molar-refractivity contribution in [2.75, 3.05) is 31.6 Å². The molecule has 0 rings (SSSR count). The molecule has 0 aliphatic heterocycles. The first-order chi connectivity index (χ1) is 6.06. The van der Waals surface area contributed by atoms with Gasteiger partial charge in [0.1, 0.15) is 6.61 Å². The van der Waals surface area contributed by atoms with Gasteiger partial charge in [-0.3, -0.25) is 0 Å². The predicted molar refractivity (Wildman–Crippen MR) is 48.2 cm³/mol. The van der Waals surface area contributed by atoms with E-state index in [0.717, 1.165) is 18.3 Å². The van der Waals surface area contributed by atoms with Crippen LogP contribution in [0.1, 0.15) is 6.42 Å². The summed E-state index contributed by atoms with van der Waals surface area (Å²) < 4.78 is 39.0. The minimum Gasteiger partial charge on any atom is -0.371 e. The molecule has 0 aliphatic carbocycles. The Balaban J connectivity index is 3.00. The van der Waals surface area contributed by atoms with Gasteiger partial charge in [-0.15, -0.1) is 0 Å². The molecule has 0 spiro atoms. The van der Waals surface area contributed by atoms with Gasteiger partial charge in [-0.25, -0.2) is 0 Å². The Labute approximate surface area is 84.0 Å². The highest BCUT2D eigenvalue weighted by molar-refractivity contribution is 9.09. The Kier molecular flexibility index (Phi) is 7.69. The van der Waals surface area contributed by atoms with Gasteiger partial charge in [0.15, 0.2) is 0 Å². The fourth-order valence-electron chi connectivity index (χ4n) is 0.649. The van der Waals surface area contributed by atoms with E-state index in [1.165, 1.54) is 0 Å². The van der Waals surface area contributed by atoms with E-state index in [1.54, 1.807) is 0 Å². The van der Waals surface area contributed by atoms with Crippen LogP contribution >= 0.6 is 15.9 Å². The summed E-state index contributed by atoms with van der Waals surface area (Å²) in [5.41, 5.74) is 0. The van der Waals surface area contributed by atoms with Gasteiger partial charge in [0.25, 0.3) is 0 Å². The van der Waals surface area contributed by atoms with Gasteiger partial charge < -0.3 is 10.1 Å². The van der Waals surface area contributed by atoms with Gasteiger partial charge in [0, 0.05) is 11.9 Å². The minimum absolute atomic E-state index is 0.0990. The van der Waals surface area contributed by atoms with Gasteiger partial charge in [0.05, 0.1) is 6.61 Å². The van der Waals surface area contributed by atoms with Crippen molar-refractivity contribution in [3.63, 3.8) is 0 Å². The zero-order chi connectivity index (χ0) is 10.2. The van der Waals surface area contributed by atoms with Crippen LogP contribution < -0.4 is 5.32 Å². The predicted octanol–water partition coefficient (Wildman–Crippen LogP) is 1.94. The summed E-state index contributed by atoms with van der Waals surface area (Å²) in [7, 11) is 0. The van der Waals surface area contributed by atoms with Crippen molar-refractivity contribution in [1.29, 1.82) is 0 Å². The summed E-state index contributed by atoms with van der Waals surface area (Å²) in [5, 5.41) is 3.84. The molecular formula is C7H13BrF3NO. The molecule has 0 aromatic heterocycles. The summed E-state index contributed by atoms with van der Waals surface area (Å²) >= 11 is 3.24. The van der Waals surface area contributed by atoms with Crippen LogP contribution in [0.4, 0.5) is 13.2 Å². The Morgan fingerprint density at radius 3 is 2.46 bits per heavy atom. The first-order valence-corrected chi connectivity index (χ1v) is 5.09. The number of nitrogens with one attached hydrogen (secondary N) is 1. The molecule has 0 fully saturated rings. The molecular weight excluding hydrogens is 251 g/mol. The lowest BCUT2D eigenvalue weighted by Gasteiger charge is -2.07. The lowest BCUT2D eigenvalue weighted by atomic mass is 10.5. The lowest BCUT2D eigenvalue weighted by Crippen LogP contribution is -2.24. The van der Waals surface area contributed by atoms with E-state index in [0.29, 0.717) is 6.54 Å². The molecule has 0 saturated carbocycles. The second-order valence-corrected chi connectivity index (χ2v) is 3.25. The molecule has 0 saturated heterocycles. The second-order valence-electron chi connectivity index (χ2n) is 2.46. The topological polar surface area (TPSA) is 21.3 Å². The van der Waals surface area contributed by atoms with Crippen LogP contribution in [0, 0.1) is 0 Å². The number of halogens is 4. The third-order valence-corrected chi connectivity index (χ3v) is 1.74. The van der Waals surface area contributed by atoms with Crippen LogP contribution in [-0.4, -0.2) is 37.8 Å². The van der Waals surface area contributed by atoms with Gasteiger partial charge in [-0.2, -0.15) is 13.2 Å². The van der Waals surface area contributed by atoms with E-state index < -0.39 is 12.8 Å². The first kappa shape index (κ1) is 13.2. The highest BCUT2D eigenvalue weighted by atomic mass is 79.9. The molecule has 6 heteroatoms. The van der Waals surface area contributed by atoms with Gasteiger partial charge >= 0.3 is 6.18 Å². The van der Waals surface area contributed by atoms with Crippen molar-refractivity contribution in [3.05, 3.63) is 0 Å². The summed E-state index contributed by atoms with van der Waals surface area (Å²) in [6, 6.07) is 0. The largest absolute Gasteiger partial charge is 0.411 e. The Morgan fingerprint density at radius 2 is 1.92 bits per heavy atom. The SMILES string of the molecule is FC(F)(F)COCCNCCCBr. The van der Waals surface area contributed by atoms with Crippen LogP contribution in [0.15, 0.2) is 0 Å². The van der Waals surface area contributed by atoms with Gasteiger partial charge in [0.2, 0.25) is 0 Å². The number of hydrogen-bond donors (Lipinski definition) is 1. The monoisotopic (exact) mass is 263 g/mol. The maximum absolute atomic E-state index is 11.5. The average Bonchev–Trinajstić information content (AvgIpc) is 2.01. The zero-order valence-electron chi connectivity index (χ0n) is 7.16. The zero-order valence-corrected chi connectivity index (χ0v) is 8.75. The van der Waals surface area contributed by atoms with Crippen LogP contribution in [-0.2, 0) is 4.74 Å². The smallest absolute Gasteiger partial charge is 0.371 e. The first-order valence-electron chi connectivity index (χ1n) is 3.97. The quantitative estimate of drug-likeness (QED) is 0.560. The van der Waals surface area contributed by atoms with Crippen LogP contribution in [0.25, 0.3) is 0 Å². The minimum atomic E-state index is -4.21. The van der Waals surface area contributed by atoms with E-state index in [9.17, 15) is 13.2 Å². The fraction of sp³-hybridized carbons (Fsp3) is 1.00. The molecule has 0 aliphatic rings. The Hall–Kier alpha value is 0.190. The summed E-state index contributed by atoms with van der Waals surface area (Å²) in [6.45, 7) is 0.193. The van der Waals surface area contributed by atoms with E-state index in [2.05, 4.69) is 26.0 Å². The number of rotatable bonds is 7. The van der Waals surface area contributed by atoms with Crippen LogP contribution in [0.2, 0.25) is 0 Å². The molecule has 0 unspecified atom stereocenters. The summed E-state index contributed by atoms with van der Waals surface area (Å²) in [6.07, 6.45) is -3.25. The maximum atomic E-state index is 11.5. The highest BCUT2D eigenvalue weighted by Crippen LogP contribution is 2.13. The average molecular weight is 264 g/mol. The van der Waals surface area contributed by atoms with Crippen molar-refractivity contribution in [2.45, 2.75) is 12.6 Å². The maximum Gasteiger partial charge on any atom is 0.411 e. The highest BCUT2D eigenvalue weighted by Gasteiger charge is 2.26. The molecule has 13 heavy (non-hydrogen) atoms. The molecule has 0 heterocycles. The van der Waals surface area contributed by atoms with Gasteiger partial charge in [-0.1, -0.05) is 15.9 Å². The Morgan fingerprint density at radius 1 is 1.23 bits per heavy atom. The molecule has 80 valence electrons. The lowest BCUT2D eigenvalue weighted by molar-refractivity contribution is -0.173. The van der Waals surface area contributed by atoms with Crippen molar-refractivity contribution in [1.82, 2.24) is 5.32 Å². The van der Waals surface area contributed by atoms with Crippen molar-refractivity contribution in [2.24, 2.45) is 0 Å². The molecule has 0 bridgehead atoms.